The number of nitrogens with two attached hydrogens (primary N) is 1. The molecule has 0 aliphatic rings. The van der Waals surface area contributed by atoms with E-state index in [-0.39, 0.29) is 25.0 Å². The van der Waals surface area contributed by atoms with Crippen molar-refractivity contribution in [3.8, 4) is 0 Å². The van der Waals surface area contributed by atoms with Crippen molar-refractivity contribution in [3.05, 3.63) is 58.3 Å². The molecule has 0 amide bonds. The molecule has 0 aliphatic carbocycles. The minimum Gasteiger partial charge on any atom is -0.460 e. The van der Waals surface area contributed by atoms with E-state index in [0.717, 1.165) is 10.4 Å². The molecule has 19 heavy (non-hydrogen) atoms. The Morgan fingerprint density at radius 1 is 1.21 bits per heavy atom. The van der Waals surface area contributed by atoms with Crippen LogP contribution in [0, 0.1) is 0 Å². The van der Waals surface area contributed by atoms with Gasteiger partial charge in [0.15, 0.2) is 0 Å². The fraction of sp³-hybridized carbons (Fsp3) is 0.214. The van der Waals surface area contributed by atoms with Crippen molar-refractivity contribution >= 4 is 29.7 Å². The number of rotatable bonds is 5. The van der Waals surface area contributed by atoms with Crippen LogP contribution in [0.4, 0.5) is 0 Å². The Morgan fingerprint density at radius 2 is 1.95 bits per heavy atom. The first-order chi connectivity index (χ1) is 8.75. The van der Waals surface area contributed by atoms with E-state index in [2.05, 4.69) is 0 Å². The zero-order valence-electron chi connectivity index (χ0n) is 10.3. The summed E-state index contributed by atoms with van der Waals surface area (Å²) in [6.07, 6.45) is 0.533. The molecule has 1 aromatic heterocycles. The lowest BCUT2D eigenvalue weighted by Crippen LogP contribution is -2.34. The van der Waals surface area contributed by atoms with Crippen LogP contribution in [-0.4, -0.2) is 12.0 Å². The summed E-state index contributed by atoms with van der Waals surface area (Å²) in [7, 11) is 0. The third-order valence-corrected chi connectivity index (χ3v) is 3.43. The van der Waals surface area contributed by atoms with E-state index in [4.69, 9.17) is 10.5 Å². The molecule has 102 valence electrons. The van der Waals surface area contributed by atoms with E-state index >= 15 is 0 Å². The monoisotopic (exact) mass is 297 g/mol. The molecule has 0 radical (unpaired) electrons. The molecule has 0 unspecified atom stereocenters. The lowest BCUT2D eigenvalue weighted by molar-refractivity contribution is -0.146. The minimum absolute atomic E-state index is 0. The van der Waals surface area contributed by atoms with Gasteiger partial charge in [0.25, 0.3) is 0 Å². The maximum absolute atomic E-state index is 11.7. The zero-order chi connectivity index (χ0) is 12.8. The lowest BCUT2D eigenvalue weighted by Gasteiger charge is -2.10. The summed E-state index contributed by atoms with van der Waals surface area (Å²) in [5.41, 5.74) is 6.77. The van der Waals surface area contributed by atoms with Crippen LogP contribution < -0.4 is 5.73 Å². The molecule has 0 saturated heterocycles. The van der Waals surface area contributed by atoms with Crippen molar-refractivity contribution in [3.63, 3.8) is 0 Å². The molecule has 0 spiro atoms. The topological polar surface area (TPSA) is 52.3 Å². The van der Waals surface area contributed by atoms with Crippen LogP contribution >= 0.6 is 23.7 Å². The number of hydrogen-bond acceptors (Lipinski definition) is 4. The summed E-state index contributed by atoms with van der Waals surface area (Å²) >= 11 is 1.60. The van der Waals surface area contributed by atoms with Gasteiger partial charge in [-0.1, -0.05) is 36.4 Å². The fourth-order valence-electron chi connectivity index (χ4n) is 1.56. The predicted molar refractivity (Wildman–Crippen MR) is 79.5 cm³/mol. The number of thiophene rings is 1. The van der Waals surface area contributed by atoms with E-state index in [0.29, 0.717) is 6.42 Å². The molecule has 0 bridgehead atoms. The molecule has 5 heteroatoms. The first kappa shape index (κ1) is 15.7. The van der Waals surface area contributed by atoms with E-state index in [1.807, 2.05) is 47.8 Å². The summed E-state index contributed by atoms with van der Waals surface area (Å²) in [4.78, 5) is 12.8. The van der Waals surface area contributed by atoms with Crippen LogP contribution in [0.15, 0.2) is 47.8 Å². The lowest BCUT2D eigenvalue weighted by atomic mass is 10.2. The SMILES string of the molecule is Cl.N[C@@H](Cc1cccs1)C(=O)OCc1ccccc1. The smallest absolute Gasteiger partial charge is 0.323 e. The Hall–Kier alpha value is -1.36. The van der Waals surface area contributed by atoms with Crippen molar-refractivity contribution in [2.24, 2.45) is 5.73 Å². The Kier molecular flexibility index (Phi) is 6.56. The Bertz CT molecular complexity index is 487. The largest absolute Gasteiger partial charge is 0.460 e. The second kappa shape index (κ2) is 7.94. The Labute approximate surface area is 122 Å². The van der Waals surface area contributed by atoms with Gasteiger partial charge in [-0.2, -0.15) is 0 Å². The zero-order valence-corrected chi connectivity index (χ0v) is 12.0. The maximum atomic E-state index is 11.7. The van der Waals surface area contributed by atoms with Gasteiger partial charge in [-0.15, -0.1) is 23.7 Å². The molecule has 1 heterocycles. The third-order valence-electron chi connectivity index (χ3n) is 2.53. The first-order valence-corrected chi connectivity index (χ1v) is 6.62. The number of esters is 1. The molecule has 1 atom stereocenters. The van der Waals surface area contributed by atoms with Gasteiger partial charge in [0.1, 0.15) is 12.6 Å². The standard InChI is InChI=1S/C14H15NO2S.ClH/c15-13(9-12-7-4-8-18-12)14(16)17-10-11-5-2-1-3-6-11;/h1-8,13H,9-10,15H2;1H/t13-;/m0./s1. The van der Waals surface area contributed by atoms with Crippen molar-refractivity contribution in [2.75, 3.05) is 0 Å². The maximum Gasteiger partial charge on any atom is 0.323 e. The Morgan fingerprint density at radius 3 is 2.58 bits per heavy atom. The summed E-state index contributed by atoms with van der Waals surface area (Å²) < 4.78 is 5.18. The number of hydrogen-bond donors (Lipinski definition) is 1. The number of ether oxygens (including phenoxy) is 1. The second-order valence-corrected chi connectivity index (χ2v) is 5.02. The van der Waals surface area contributed by atoms with Gasteiger partial charge in [0.05, 0.1) is 0 Å². The quantitative estimate of drug-likeness (QED) is 0.864. The van der Waals surface area contributed by atoms with Crippen LogP contribution in [-0.2, 0) is 22.6 Å². The fourth-order valence-corrected chi connectivity index (χ4v) is 2.33. The van der Waals surface area contributed by atoms with E-state index < -0.39 is 6.04 Å². The molecule has 3 nitrogen and oxygen atoms in total. The highest BCUT2D eigenvalue weighted by atomic mass is 35.5. The molecule has 2 N–H and O–H groups in total. The average Bonchev–Trinajstić information content (AvgIpc) is 2.90. The van der Waals surface area contributed by atoms with Crippen molar-refractivity contribution in [2.45, 2.75) is 19.1 Å². The van der Waals surface area contributed by atoms with Gasteiger partial charge >= 0.3 is 5.97 Å². The number of halogens is 1. The van der Waals surface area contributed by atoms with Crippen molar-refractivity contribution < 1.29 is 9.53 Å². The summed E-state index contributed by atoms with van der Waals surface area (Å²) in [5, 5.41) is 1.97. The van der Waals surface area contributed by atoms with Crippen LogP contribution in [0.2, 0.25) is 0 Å². The Balaban J connectivity index is 0.00000180. The van der Waals surface area contributed by atoms with E-state index in [9.17, 15) is 4.79 Å². The van der Waals surface area contributed by atoms with Gasteiger partial charge in [-0.3, -0.25) is 4.79 Å². The molecule has 0 saturated carbocycles. The predicted octanol–water partition coefficient (Wildman–Crippen LogP) is 2.78. The van der Waals surface area contributed by atoms with Crippen molar-refractivity contribution in [1.29, 1.82) is 0 Å². The van der Waals surface area contributed by atoms with E-state index in [1.54, 1.807) is 11.3 Å². The van der Waals surface area contributed by atoms with Gasteiger partial charge in [0, 0.05) is 11.3 Å². The highest BCUT2D eigenvalue weighted by Crippen LogP contribution is 2.11. The minimum atomic E-state index is -0.590. The number of carbonyl (C=O) groups excluding carboxylic acids is 1. The molecular weight excluding hydrogens is 282 g/mol. The average molecular weight is 298 g/mol. The normalized spacial score (nSPS) is 11.4. The summed E-state index contributed by atoms with van der Waals surface area (Å²) in [6, 6.07) is 12.9. The van der Waals surface area contributed by atoms with Gasteiger partial charge < -0.3 is 10.5 Å². The van der Waals surface area contributed by atoms with Gasteiger partial charge in [-0.25, -0.2) is 0 Å². The second-order valence-electron chi connectivity index (χ2n) is 3.98. The van der Waals surface area contributed by atoms with Gasteiger partial charge in [-0.05, 0) is 17.0 Å². The summed E-state index contributed by atoms with van der Waals surface area (Å²) in [6.45, 7) is 0.276. The summed E-state index contributed by atoms with van der Waals surface area (Å²) in [5.74, 6) is -0.354. The van der Waals surface area contributed by atoms with Crippen LogP contribution in [0.1, 0.15) is 10.4 Å². The van der Waals surface area contributed by atoms with Crippen molar-refractivity contribution in [1.82, 2.24) is 0 Å². The molecule has 0 aliphatic heterocycles. The van der Waals surface area contributed by atoms with Crippen LogP contribution in [0.5, 0.6) is 0 Å². The van der Waals surface area contributed by atoms with E-state index in [1.165, 1.54) is 0 Å². The van der Waals surface area contributed by atoms with Crippen LogP contribution in [0.3, 0.4) is 0 Å². The van der Waals surface area contributed by atoms with Crippen LogP contribution in [0.25, 0.3) is 0 Å². The third kappa shape index (κ3) is 5.03. The number of benzene rings is 1. The highest BCUT2D eigenvalue weighted by molar-refractivity contribution is 7.09. The molecular formula is C14H16ClNO2S. The number of carbonyl (C=O) groups is 1. The molecule has 0 fully saturated rings. The molecule has 1 aromatic carbocycles. The molecule has 2 rings (SSSR count). The van der Waals surface area contributed by atoms with Gasteiger partial charge in [0.2, 0.25) is 0 Å². The molecule has 2 aromatic rings. The highest BCUT2D eigenvalue weighted by Gasteiger charge is 2.16. The first-order valence-electron chi connectivity index (χ1n) is 5.74.